The Morgan fingerprint density at radius 1 is 1.16 bits per heavy atom. The van der Waals surface area contributed by atoms with Crippen LogP contribution in [-0.2, 0) is 6.54 Å². The van der Waals surface area contributed by atoms with Gasteiger partial charge in [0.05, 0.1) is 14.2 Å². The quantitative estimate of drug-likeness (QED) is 0.774. The lowest BCUT2D eigenvalue weighted by atomic mass is 9.99. The van der Waals surface area contributed by atoms with Gasteiger partial charge in [0.1, 0.15) is 0 Å². The average Bonchev–Trinajstić information content (AvgIpc) is 2.48. The Hall–Kier alpha value is -0.740. The van der Waals surface area contributed by atoms with Gasteiger partial charge in [-0.05, 0) is 49.5 Å². The topological polar surface area (TPSA) is 21.7 Å². The predicted molar refractivity (Wildman–Crippen MR) is 81.3 cm³/mol. The molecule has 0 aromatic heterocycles. The molecule has 3 nitrogen and oxygen atoms in total. The van der Waals surface area contributed by atoms with Crippen molar-refractivity contribution in [1.29, 1.82) is 0 Å². The number of piperidine rings is 1. The molecule has 0 bridgehead atoms. The minimum absolute atomic E-state index is 0.796. The number of nitrogens with zero attached hydrogens (tertiary/aromatic N) is 1. The summed E-state index contributed by atoms with van der Waals surface area (Å²) >= 11 is 3.58. The summed E-state index contributed by atoms with van der Waals surface area (Å²) in [6.45, 7) is 3.37. The van der Waals surface area contributed by atoms with Crippen LogP contribution in [0.5, 0.6) is 11.5 Å². The number of ether oxygens (including phenoxy) is 2. The van der Waals surface area contributed by atoms with Crippen molar-refractivity contribution in [2.24, 2.45) is 5.92 Å². The zero-order chi connectivity index (χ0) is 13.7. The molecule has 2 rings (SSSR count). The number of methoxy groups -OCH3 is 2. The second-order valence-corrected chi connectivity index (χ2v) is 5.71. The van der Waals surface area contributed by atoms with Crippen molar-refractivity contribution in [3.63, 3.8) is 0 Å². The highest BCUT2D eigenvalue weighted by molar-refractivity contribution is 9.09. The molecule has 106 valence electrons. The van der Waals surface area contributed by atoms with Crippen molar-refractivity contribution in [2.75, 3.05) is 32.6 Å². The van der Waals surface area contributed by atoms with Gasteiger partial charge in [-0.1, -0.05) is 22.0 Å². The number of alkyl halides is 1. The molecule has 0 amide bonds. The maximum atomic E-state index is 5.35. The number of rotatable bonds is 5. The van der Waals surface area contributed by atoms with Crippen LogP contribution in [0.4, 0.5) is 0 Å². The highest BCUT2D eigenvalue weighted by Gasteiger charge is 2.18. The van der Waals surface area contributed by atoms with Gasteiger partial charge in [-0.25, -0.2) is 0 Å². The first-order valence-corrected chi connectivity index (χ1v) is 7.88. The first kappa shape index (κ1) is 14.7. The van der Waals surface area contributed by atoms with Crippen LogP contribution >= 0.6 is 15.9 Å². The van der Waals surface area contributed by atoms with Crippen LogP contribution in [0.2, 0.25) is 0 Å². The van der Waals surface area contributed by atoms with Gasteiger partial charge in [0, 0.05) is 11.9 Å². The Labute approximate surface area is 124 Å². The van der Waals surface area contributed by atoms with E-state index in [1.165, 1.54) is 31.5 Å². The summed E-state index contributed by atoms with van der Waals surface area (Å²) in [7, 11) is 3.35. The molecule has 0 saturated carbocycles. The lowest BCUT2D eigenvalue weighted by Gasteiger charge is -2.31. The SMILES string of the molecule is COc1ccc(CN2CCC(CBr)CC2)cc1OC. The van der Waals surface area contributed by atoms with Gasteiger partial charge in [0.2, 0.25) is 0 Å². The summed E-state index contributed by atoms with van der Waals surface area (Å²) in [5, 5.41) is 1.14. The Morgan fingerprint density at radius 3 is 2.42 bits per heavy atom. The van der Waals surface area contributed by atoms with E-state index < -0.39 is 0 Å². The number of hydrogen-bond donors (Lipinski definition) is 0. The molecular weight excluding hydrogens is 306 g/mol. The number of halogens is 1. The third-order valence-corrected chi connectivity index (χ3v) is 4.70. The van der Waals surface area contributed by atoms with Crippen LogP contribution < -0.4 is 9.47 Å². The van der Waals surface area contributed by atoms with E-state index in [1.807, 2.05) is 6.07 Å². The van der Waals surface area contributed by atoms with Crippen molar-refractivity contribution in [1.82, 2.24) is 4.90 Å². The Bertz CT molecular complexity index is 403. The number of likely N-dealkylation sites (tertiary alicyclic amines) is 1. The third-order valence-electron chi connectivity index (χ3n) is 3.78. The lowest BCUT2D eigenvalue weighted by Crippen LogP contribution is -2.33. The van der Waals surface area contributed by atoms with Gasteiger partial charge >= 0.3 is 0 Å². The van der Waals surface area contributed by atoms with Crippen molar-refractivity contribution in [2.45, 2.75) is 19.4 Å². The van der Waals surface area contributed by atoms with E-state index in [9.17, 15) is 0 Å². The van der Waals surface area contributed by atoms with Gasteiger partial charge in [-0.3, -0.25) is 4.90 Å². The largest absolute Gasteiger partial charge is 0.493 e. The molecule has 0 spiro atoms. The van der Waals surface area contributed by atoms with E-state index in [0.29, 0.717) is 0 Å². The fourth-order valence-electron chi connectivity index (χ4n) is 2.54. The van der Waals surface area contributed by atoms with Gasteiger partial charge in [0.25, 0.3) is 0 Å². The summed E-state index contributed by atoms with van der Waals surface area (Å²) in [5.74, 6) is 2.46. The van der Waals surface area contributed by atoms with E-state index in [4.69, 9.17) is 9.47 Å². The van der Waals surface area contributed by atoms with Crippen LogP contribution in [0.1, 0.15) is 18.4 Å². The monoisotopic (exact) mass is 327 g/mol. The standard InChI is InChI=1S/C15H22BrNO2/c1-18-14-4-3-13(9-15(14)19-2)11-17-7-5-12(10-16)6-8-17/h3-4,9,12H,5-8,10-11H2,1-2H3. The van der Waals surface area contributed by atoms with E-state index in [-0.39, 0.29) is 0 Å². The predicted octanol–water partition coefficient (Wildman–Crippen LogP) is 3.31. The lowest BCUT2D eigenvalue weighted by molar-refractivity contribution is 0.187. The molecule has 0 atom stereocenters. The summed E-state index contributed by atoms with van der Waals surface area (Å²) in [6, 6.07) is 6.19. The van der Waals surface area contributed by atoms with E-state index >= 15 is 0 Å². The molecule has 1 heterocycles. The zero-order valence-electron chi connectivity index (χ0n) is 11.7. The molecule has 1 aromatic rings. The maximum Gasteiger partial charge on any atom is 0.161 e. The molecule has 0 N–H and O–H groups in total. The minimum atomic E-state index is 0.796. The molecule has 19 heavy (non-hydrogen) atoms. The molecule has 1 aliphatic rings. The first-order valence-electron chi connectivity index (χ1n) is 6.76. The van der Waals surface area contributed by atoms with Crippen LogP contribution in [0.15, 0.2) is 18.2 Å². The fourth-order valence-corrected chi connectivity index (χ4v) is 3.18. The van der Waals surface area contributed by atoms with Gasteiger partial charge in [0.15, 0.2) is 11.5 Å². The molecule has 1 aliphatic heterocycles. The van der Waals surface area contributed by atoms with Gasteiger partial charge < -0.3 is 9.47 Å². The molecule has 4 heteroatoms. The normalized spacial score (nSPS) is 17.4. The highest BCUT2D eigenvalue weighted by Crippen LogP contribution is 2.28. The molecule has 1 saturated heterocycles. The van der Waals surface area contributed by atoms with Crippen LogP contribution in [-0.4, -0.2) is 37.5 Å². The second-order valence-electron chi connectivity index (χ2n) is 5.06. The molecule has 0 unspecified atom stereocenters. The summed E-state index contributed by atoms with van der Waals surface area (Å²) < 4.78 is 10.6. The second kappa shape index (κ2) is 7.15. The minimum Gasteiger partial charge on any atom is -0.493 e. The van der Waals surface area contributed by atoms with Gasteiger partial charge in [-0.15, -0.1) is 0 Å². The molecule has 1 aromatic carbocycles. The summed E-state index contributed by atoms with van der Waals surface area (Å²) in [4.78, 5) is 2.51. The number of benzene rings is 1. The van der Waals surface area contributed by atoms with E-state index in [1.54, 1.807) is 14.2 Å². The highest BCUT2D eigenvalue weighted by atomic mass is 79.9. The van der Waals surface area contributed by atoms with Gasteiger partial charge in [-0.2, -0.15) is 0 Å². The van der Waals surface area contributed by atoms with E-state index in [2.05, 4.69) is 33.0 Å². The summed E-state index contributed by atoms with van der Waals surface area (Å²) in [5.41, 5.74) is 1.29. The molecular formula is C15H22BrNO2. The van der Waals surface area contributed by atoms with E-state index in [0.717, 1.165) is 29.3 Å². The van der Waals surface area contributed by atoms with Crippen molar-refractivity contribution < 1.29 is 9.47 Å². The number of hydrogen-bond acceptors (Lipinski definition) is 3. The fraction of sp³-hybridized carbons (Fsp3) is 0.600. The Balaban J connectivity index is 1.96. The average molecular weight is 328 g/mol. The maximum absolute atomic E-state index is 5.35. The zero-order valence-corrected chi connectivity index (χ0v) is 13.3. The van der Waals surface area contributed by atoms with Crippen molar-refractivity contribution in [3.8, 4) is 11.5 Å². The molecule has 1 fully saturated rings. The van der Waals surface area contributed by atoms with Crippen molar-refractivity contribution >= 4 is 15.9 Å². The Kier molecular flexibility index (Phi) is 5.52. The van der Waals surface area contributed by atoms with Crippen LogP contribution in [0, 0.1) is 5.92 Å². The van der Waals surface area contributed by atoms with Crippen LogP contribution in [0.25, 0.3) is 0 Å². The van der Waals surface area contributed by atoms with Crippen molar-refractivity contribution in [3.05, 3.63) is 23.8 Å². The Morgan fingerprint density at radius 2 is 1.84 bits per heavy atom. The smallest absolute Gasteiger partial charge is 0.161 e. The molecule has 0 aliphatic carbocycles. The first-order chi connectivity index (χ1) is 9.26. The summed E-state index contributed by atoms with van der Waals surface area (Å²) in [6.07, 6.45) is 2.58. The van der Waals surface area contributed by atoms with Crippen LogP contribution in [0.3, 0.4) is 0 Å². The molecule has 0 radical (unpaired) electrons. The third kappa shape index (κ3) is 3.86.